The standard InChI is InChI=1S/C16H16N2O2S/c1-11-3-5-13(21-11)8-18-14-7-12(4-6-15(14)19-2)16-9-17-10-20-16/h3-7,9-10,18H,8H2,1-2H3. The van der Waals surface area contributed by atoms with E-state index in [1.165, 1.54) is 16.1 Å². The summed E-state index contributed by atoms with van der Waals surface area (Å²) in [6.07, 6.45) is 3.13. The van der Waals surface area contributed by atoms with Crippen LogP contribution in [0.4, 0.5) is 5.69 Å². The van der Waals surface area contributed by atoms with Gasteiger partial charge < -0.3 is 14.5 Å². The molecule has 3 aromatic rings. The quantitative estimate of drug-likeness (QED) is 0.761. The average molecular weight is 300 g/mol. The van der Waals surface area contributed by atoms with Crippen molar-refractivity contribution in [2.75, 3.05) is 12.4 Å². The molecule has 5 heteroatoms. The third kappa shape index (κ3) is 3.08. The number of nitrogens with zero attached hydrogens (tertiary/aromatic N) is 1. The topological polar surface area (TPSA) is 47.3 Å². The largest absolute Gasteiger partial charge is 0.495 e. The lowest BCUT2D eigenvalue weighted by Gasteiger charge is -2.11. The number of oxazole rings is 1. The third-order valence-electron chi connectivity index (χ3n) is 3.17. The van der Waals surface area contributed by atoms with Gasteiger partial charge in [-0.25, -0.2) is 4.98 Å². The van der Waals surface area contributed by atoms with E-state index < -0.39 is 0 Å². The van der Waals surface area contributed by atoms with Crippen LogP contribution in [0.15, 0.2) is 47.3 Å². The van der Waals surface area contributed by atoms with Crippen molar-refractivity contribution >= 4 is 17.0 Å². The van der Waals surface area contributed by atoms with Gasteiger partial charge in [0.05, 0.1) is 19.0 Å². The zero-order valence-corrected chi connectivity index (χ0v) is 12.7. The minimum absolute atomic E-state index is 0.743. The number of anilines is 1. The maximum absolute atomic E-state index is 5.41. The second kappa shape index (κ2) is 6.01. The lowest BCUT2D eigenvalue weighted by atomic mass is 10.1. The van der Waals surface area contributed by atoms with Gasteiger partial charge in [0.1, 0.15) is 5.75 Å². The van der Waals surface area contributed by atoms with Crippen LogP contribution in [0.5, 0.6) is 5.75 Å². The Kier molecular flexibility index (Phi) is 3.92. The fourth-order valence-electron chi connectivity index (χ4n) is 2.12. The molecule has 2 heterocycles. The molecular formula is C16H16N2O2S. The molecule has 0 fully saturated rings. The van der Waals surface area contributed by atoms with E-state index >= 15 is 0 Å². The molecule has 1 N–H and O–H groups in total. The van der Waals surface area contributed by atoms with Crippen LogP contribution in [0.1, 0.15) is 9.75 Å². The molecule has 0 aliphatic heterocycles. The minimum Gasteiger partial charge on any atom is -0.495 e. The highest BCUT2D eigenvalue weighted by atomic mass is 32.1. The molecule has 0 atom stereocenters. The number of aromatic nitrogens is 1. The highest BCUT2D eigenvalue weighted by molar-refractivity contribution is 7.11. The first-order chi connectivity index (χ1) is 10.3. The molecule has 0 radical (unpaired) electrons. The van der Waals surface area contributed by atoms with Crippen LogP contribution in [-0.2, 0) is 6.54 Å². The molecule has 4 nitrogen and oxygen atoms in total. The van der Waals surface area contributed by atoms with Crippen LogP contribution in [0.2, 0.25) is 0 Å². The zero-order valence-electron chi connectivity index (χ0n) is 11.9. The normalized spacial score (nSPS) is 10.6. The molecule has 0 amide bonds. The summed E-state index contributed by atoms with van der Waals surface area (Å²) in [6.45, 7) is 2.88. The van der Waals surface area contributed by atoms with Crippen molar-refractivity contribution in [1.82, 2.24) is 4.98 Å². The number of benzene rings is 1. The smallest absolute Gasteiger partial charge is 0.181 e. The summed E-state index contributed by atoms with van der Waals surface area (Å²) in [4.78, 5) is 6.56. The zero-order chi connectivity index (χ0) is 14.7. The van der Waals surface area contributed by atoms with Crippen LogP contribution in [0, 0.1) is 6.92 Å². The number of aryl methyl sites for hydroxylation is 1. The molecule has 0 saturated heterocycles. The van der Waals surface area contributed by atoms with Crippen molar-refractivity contribution < 1.29 is 9.15 Å². The van der Waals surface area contributed by atoms with E-state index in [1.54, 1.807) is 24.6 Å². The number of hydrogen-bond acceptors (Lipinski definition) is 5. The van der Waals surface area contributed by atoms with Crippen molar-refractivity contribution in [3.8, 4) is 17.1 Å². The Morgan fingerprint density at radius 3 is 2.86 bits per heavy atom. The van der Waals surface area contributed by atoms with Crippen LogP contribution >= 0.6 is 11.3 Å². The van der Waals surface area contributed by atoms with E-state index in [9.17, 15) is 0 Å². The molecule has 3 rings (SSSR count). The number of thiophene rings is 1. The van der Waals surface area contributed by atoms with E-state index in [4.69, 9.17) is 9.15 Å². The van der Waals surface area contributed by atoms with E-state index in [-0.39, 0.29) is 0 Å². The van der Waals surface area contributed by atoms with Crippen molar-refractivity contribution in [3.63, 3.8) is 0 Å². The van der Waals surface area contributed by atoms with Gasteiger partial charge in [-0.15, -0.1) is 11.3 Å². The van der Waals surface area contributed by atoms with Gasteiger partial charge in [0.25, 0.3) is 0 Å². The molecule has 0 aliphatic carbocycles. The summed E-state index contributed by atoms with van der Waals surface area (Å²) in [7, 11) is 1.67. The van der Waals surface area contributed by atoms with Crippen molar-refractivity contribution in [2.45, 2.75) is 13.5 Å². The number of ether oxygens (including phenoxy) is 1. The van der Waals surface area contributed by atoms with Crippen LogP contribution in [-0.4, -0.2) is 12.1 Å². The Morgan fingerprint density at radius 2 is 2.19 bits per heavy atom. The number of nitrogens with one attached hydrogen (secondary N) is 1. The summed E-state index contributed by atoms with van der Waals surface area (Å²) in [5.41, 5.74) is 1.91. The van der Waals surface area contributed by atoms with Crippen molar-refractivity contribution in [3.05, 3.63) is 52.7 Å². The highest BCUT2D eigenvalue weighted by Gasteiger charge is 2.08. The van der Waals surface area contributed by atoms with Crippen molar-refractivity contribution in [2.24, 2.45) is 0 Å². The molecule has 0 bridgehead atoms. The summed E-state index contributed by atoms with van der Waals surface area (Å²) in [5, 5.41) is 3.42. The molecule has 108 valence electrons. The fourth-order valence-corrected chi connectivity index (χ4v) is 2.95. The SMILES string of the molecule is COc1ccc(-c2cnco2)cc1NCc1ccc(C)s1. The molecule has 0 spiro atoms. The molecule has 0 saturated carbocycles. The molecule has 2 aromatic heterocycles. The second-order valence-corrected chi connectivity index (χ2v) is 6.02. The Bertz CT molecular complexity index is 720. The van der Waals surface area contributed by atoms with E-state index in [0.29, 0.717) is 0 Å². The first-order valence-corrected chi connectivity index (χ1v) is 7.44. The number of methoxy groups -OCH3 is 1. The molecular weight excluding hydrogens is 284 g/mol. The monoisotopic (exact) mass is 300 g/mol. The Balaban J connectivity index is 1.83. The van der Waals surface area contributed by atoms with Gasteiger partial charge in [0.2, 0.25) is 0 Å². The van der Waals surface area contributed by atoms with Crippen LogP contribution < -0.4 is 10.1 Å². The van der Waals surface area contributed by atoms with Crippen LogP contribution in [0.25, 0.3) is 11.3 Å². The lowest BCUT2D eigenvalue weighted by Crippen LogP contribution is -2.00. The summed E-state index contributed by atoms with van der Waals surface area (Å²) in [6, 6.07) is 10.2. The highest BCUT2D eigenvalue weighted by Crippen LogP contribution is 2.31. The van der Waals surface area contributed by atoms with E-state index in [2.05, 4.69) is 29.4 Å². The molecule has 21 heavy (non-hydrogen) atoms. The lowest BCUT2D eigenvalue weighted by molar-refractivity contribution is 0.416. The van der Waals surface area contributed by atoms with Crippen molar-refractivity contribution in [1.29, 1.82) is 0 Å². The van der Waals surface area contributed by atoms with Gasteiger partial charge in [-0.3, -0.25) is 0 Å². The average Bonchev–Trinajstić information content (AvgIpc) is 3.16. The first-order valence-electron chi connectivity index (χ1n) is 6.62. The summed E-state index contributed by atoms with van der Waals surface area (Å²) >= 11 is 1.79. The first kappa shape index (κ1) is 13.7. The summed E-state index contributed by atoms with van der Waals surface area (Å²) < 4.78 is 10.7. The fraction of sp³-hybridized carbons (Fsp3) is 0.188. The maximum atomic E-state index is 5.41. The van der Waals surface area contributed by atoms with E-state index in [1.807, 2.05) is 18.2 Å². The van der Waals surface area contributed by atoms with Gasteiger partial charge in [-0.05, 0) is 37.3 Å². The van der Waals surface area contributed by atoms with Gasteiger partial charge in [0.15, 0.2) is 12.2 Å². The maximum Gasteiger partial charge on any atom is 0.181 e. The predicted molar refractivity (Wildman–Crippen MR) is 84.9 cm³/mol. The second-order valence-electron chi connectivity index (χ2n) is 4.65. The van der Waals surface area contributed by atoms with Gasteiger partial charge in [-0.2, -0.15) is 0 Å². The number of rotatable bonds is 5. The van der Waals surface area contributed by atoms with Gasteiger partial charge >= 0.3 is 0 Å². The Hall–Kier alpha value is -2.27. The van der Waals surface area contributed by atoms with E-state index in [0.717, 1.165) is 29.3 Å². The summed E-state index contributed by atoms with van der Waals surface area (Å²) in [5.74, 6) is 1.55. The minimum atomic E-state index is 0.743. The Morgan fingerprint density at radius 1 is 1.29 bits per heavy atom. The predicted octanol–water partition coefficient (Wildman–Crippen LogP) is 4.33. The molecule has 1 aromatic carbocycles. The third-order valence-corrected chi connectivity index (χ3v) is 4.17. The van der Waals surface area contributed by atoms with Crippen LogP contribution in [0.3, 0.4) is 0 Å². The Labute approximate surface area is 127 Å². The van der Waals surface area contributed by atoms with Gasteiger partial charge in [-0.1, -0.05) is 0 Å². The molecule has 0 unspecified atom stereocenters. The molecule has 0 aliphatic rings. The van der Waals surface area contributed by atoms with Gasteiger partial charge in [0, 0.05) is 21.9 Å². The number of hydrogen-bond donors (Lipinski definition) is 1.